The van der Waals surface area contributed by atoms with Gasteiger partial charge in [0, 0.05) is 49.3 Å². The molecular formula is C17H17F2N3O3. The van der Waals surface area contributed by atoms with Crippen LogP contribution in [0.1, 0.15) is 24.8 Å². The topological polar surface area (TPSA) is 64.4 Å². The van der Waals surface area contributed by atoms with Gasteiger partial charge < -0.3 is 9.64 Å². The van der Waals surface area contributed by atoms with Crippen molar-refractivity contribution in [2.45, 2.75) is 25.8 Å². The molecule has 1 aliphatic rings. The fourth-order valence-corrected chi connectivity index (χ4v) is 3.07. The summed E-state index contributed by atoms with van der Waals surface area (Å²) in [4.78, 5) is 25.9. The molecule has 1 atom stereocenters. The Labute approximate surface area is 142 Å². The van der Waals surface area contributed by atoms with E-state index in [1.165, 1.54) is 29.0 Å². The maximum absolute atomic E-state index is 14.3. The highest BCUT2D eigenvalue weighted by Crippen LogP contribution is 2.35. The first-order valence-electron chi connectivity index (χ1n) is 7.85. The number of hydrogen-bond acceptors (Lipinski definition) is 4. The number of carbonyl (C=O) groups excluding carboxylic acids is 1. The molecule has 1 aromatic carbocycles. The lowest BCUT2D eigenvalue weighted by Crippen LogP contribution is -2.34. The molecule has 3 rings (SSSR count). The summed E-state index contributed by atoms with van der Waals surface area (Å²) in [6.07, 6.45) is 1.35. The first kappa shape index (κ1) is 17.1. The van der Waals surface area contributed by atoms with Crippen molar-refractivity contribution in [2.24, 2.45) is 0 Å². The average Bonchev–Trinajstić information content (AvgIpc) is 2.95. The maximum Gasteiger partial charge on any atom is 0.290 e. The van der Waals surface area contributed by atoms with E-state index >= 15 is 0 Å². The zero-order valence-corrected chi connectivity index (χ0v) is 13.8. The number of anilines is 1. The van der Waals surface area contributed by atoms with Gasteiger partial charge >= 0.3 is 0 Å². The number of halogens is 2. The molecule has 2 heterocycles. The lowest BCUT2D eigenvalue weighted by atomic mass is 9.97. The number of amides is 1. The third-order valence-corrected chi connectivity index (χ3v) is 4.30. The molecule has 2 aromatic rings. The smallest absolute Gasteiger partial charge is 0.290 e. The van der Waals surface area contributed by atoms with Crippen LogP contribution in [-0.2, 0) is 11.3 Å². The van der Waals surface area contributed by atoms with E-state index in [1.807, 2.05) is 0 Å². The monoisotopic (exact) mass is 349 g/mol. The Hall–Kier alpha value is -2.77. The van der Waals surface area contributed by atoms with Gasteiger partial charge in [-0.1, -0.05) is 0 Å². The van der Waals surface area contributed by atoms with Crippen LogP contribution in [0.5, 0.6) is 5.75 Å². The predicted molar refractivity (Wildman–Crippen MR) is 86.8 cm³/mol. The summed E-state index contributed by atoms with van der Waals surface area (Å²) in [5.74, 6) is -2.50. The van der Waals surface area contributed by atoms with Crippen LogP contribution in [0.25, 0.3) is 0 Å². The van der Waals surface area contributed by atoms with E-state index in [-0.39, 0.29) is 35.9 Å². The van der Waals surface area contributed by atoms with E-state index in [1.54, 1.807) is 6.92 Å². The first-order valence-corrected chi connectivity index (χ1v) is 7.85. The quantitative estimate of drug-likeness (QED) is 0.848. The summed E-state index contributed by atoms with van der Waals surface area (Å²) in [6, 6.07) is 3.61. The minimum atomic E-state index is -0.766. The molecule has 0 unspecified atom stereocenters. The molecule has 1 aliphatic heterocycles. The van der Waals surface area contributed by atoms with Crippen molar-refractivity contribution in [3.8, 4) is 5.75 Å². The van der Waals surface area contributed by atoms with Crippen molar-refractivity contribution in [3.63, 3.8) is 0 Å². The fraction of sp³-hybridized carbons (Fsp3) is 0.353. The third-order valence-electron chi connectivity index (χ3n) is 4.30. The molecule has 25 heavy (non-hydrogen) atoms. The van der Waals surface area contributed by atoms with Gasteiger partial charge in [0.25, 0.3) is 5.56 Å². The fourth-order valence-electron chi connectivity index (χ4n) is 3.07. The summed E-state index contributed by atoms with van der Waals surface area (Å²) < 4.78 is 34.6. The Morgan fingerprint density at radius 2 is 1.96 bits per heavy atom. The van der Waals surface area contributed by atoms with Crippen molar-refractivity contribution >= 4 is 11.6 Å². The van der Waals surface area contributed by atoms with Crippen LogP contribution in [0.4, 0.5) is 14.5 Å². The highest BCUT2D eigenvalue weighted by atomic mass is 19.1. The van der Waals surface area contributed by atoms with Crippen molar-refractivity contribution < 1.29 is 18.3 Å². The minimum absolute atomic E-state index is 0.0297. The van der Waals surface area contributed by atoms with Gasteiger partial charge in [0.1, 0.15) is 23.1 Å². The SMILES string of the molecule is CCn1nccc(N2C[C@@H](c3c(F)cc(OC)cc3F)CC2=O)c1=O. The molecule has 6 nitrogen and oxygen atoms in total. The number of rotatable bonds is 4. The van der Waals surface area contributed by atoms with Crippen molar-refractivity contribution in [3.05, 3.63) is 51.9 Å². The van der Waals surface area contributed by atoms with Crippen LogP contribution in [-0.4, -0.2) is 29.3 Å². The molecule has 0 aliphatic carbocycles. The van der Waals surface area contributed by atoms with E-state index < -0.39 is 23.1 Å². The Morgan fingerprint density at radius 3 is 2.56 bits per heavy atom. The van der Waals surface area contributed by atoms with Gasteiger partial charge in [0.05, 0.1) is 7.11 Å². The van der Waals surface area contributed by atoms with E-state index in [2.05, 4.69) is 5.10 Å². The summed E-state index contributed by atoms with van der Waals surface area (Å²) in [6.45, 7) is 2.15. The Kier molecular flexibility index (Phi) is 4.52. The van der Waals surface area contributed by atoms with Crippen molar-refractivity contribution in [2.75, 3.05) is 18.6 Å². The average molecular weight is 349 g/mol. The van der Waals surface area contributed by atoms with Gasteiger partial charge in [0.15, 0.2) is 0 Å². The van der Waals surface area contributed by atoms with Gasteiger partial charge in [-0.3, -0.25) is 9.59 Å². The van der Waals surface area contributed by atoms with Crippen LogP contribution >= 0.6 is 0 Å². The van der Waals surface area contributed by atoms with Crippen molar-refractivity contribution in [1.29, 1.82) is 0 Å². The summed E-state index contributed by atoms with van der Waals surface area (Å²) in [5.41, 5.74) is -0.408. The van der Waals surface area contributed by atoms with E-state index in [9.17, 15) is 18.4 Å². The van der Waals surface area contributed by atoms with Gasteiger partial charge in [-0.2, -0.15) is 5.10 Å². The third kappa shape index (κ3) is 2.99. The Bertz CT molecular complexity index is 859. The Morgan fingerprint density at radius 1 is 1.28 bits per heavy atom. The molecule has 0 spiro atoms. The number of methoxy groups -OCH3 is 1. The standard InChI is InChI=1S/C17H17F2N3O3/c1-3-22-17(24)14(4-5-20-22)21-9-10(6-15(21)23)16-12(18)7-11(25-2)8-13(16)19/h4-5,7-8,10H,3,6,9H2,1-2H3/t10-/m0/s1. The second kappa shape index (κ2) is 6.62. The molecule has 1 fully saturated rings. The van der Waals surface area contributed by atoms with Crippen LogP contribution in [0.2, 0.25) is 0 Å². The first-order chi connectivity index (χ1) is 12.0. The second-order valence-corrected chi connectivity index (χ2v) is 5.75. The van der Waals surface area contributed by atoms with E-state index in [4.69, 9.17) is 4.74 Å². The normalized spacial score (nSPS) is 17.2. The highest BCUT2D eigenvalue weighted by Gasteiger charge is 2.36. The molecule has 0 bridgehead atoms. The van der Waals surface area contributed by atoms with E-state index in [0.29, 0.717) is 6.54 Å². The van der Waals surface area contributed by atoms with Crippen molar-refractivity contribution in [1.82, 2.24) is 9.78 Å². The van der Waals surface area contributed by atoms with Crippen LogP contribution in [0, 0.1) is 11.6 Å². The number of aromatic nitrogens is 2. The number of hydrogen-bond donors (Lipinski definition) is 0. The molecular weight excluding hydrogens is 332 g/mol. The number of carbonyl (C=O) groups is 1. The predicted octanol–water partition coefficient (Wildman–Crippen LogP) is 2.07. The van der Waals surface area contributed by atoms with Gasteiger partial charge in [-0.15, -0.1) is 0 Å². The maximum atomic E-state index is 14.3. The lowest BCUT2D eigenvalue weighted by molar-refractivity contribution is -0.117. The van der Waals surface area contributed by atoms with E-state index in [0.717, 1.165) is 12.1 Å². The minimum Gasteiger partial charge on any atom is -0.497 e. The van der Waals surface area contributed by atoms with Crippen LogP contribution in [0.3, 0.4) is 0 Å². The largest absolute Gasteiger partial charge is 0.497 e. The summed E-state index contributed by atoms with van der Waals surface area (Å²) in [5, 5.41) is 3.91. The van der Waals surface area contributed by atoms with Gasteiger partial charge in [0.2, 0.25) is 5.91 Å². The molecule has 0 radical (unpaired) electrons. The highest BCUT2D eigenvalue weighted by molar-refractivity contribution is 5.96. The Balaban J connectivity index is 1.95. The molecule has 0 saturated carbocycles. The molecule has 1 saturated heterocycles. The number of nitrogens with zero attached hydrogens (tertiary/aromatic N) is 3. The molecule has 8 heteroatoms. The van der Waals surface area contributed by atoms with Crippen LogP contribution < -0.4 is 15.2 Å². The number of benzene rings is 1. The number of aryl methyl sites for hydroxylation is 1. The lowest BCUT2D eigenvalue weighted by Gasteiger charge is -2.17. The van der Waals surface area contributed by atoms with Gasteiger partial charge in [-0.05, 0) is 13.0 Å². The summed E-state index contributed by atoms with van der Waals surface area (Å²) in [7, 11) is 1.32. The molecule has 1 aromatic heterocycles. The molecule has 1 amide bonds. The zero-order chi connectivity index (χ0) is 18.1. The zero-order valence-electron chi connectivity index (χ0n) is 13.8. The van der Waals surface area contributed by atoms with Crippen LogP contribution in [0.15, 0.2) is 29.2 Å². The van der Waals surface area contributed by atoms with Gasteiger partial charge in [-0.25, -0.2) is 13.5 Å². The number of ether oxygens (including phenoxy) is 1. The molecule has 132 valence electrons. The summed E-state index contributed by atoms with van der Waals surface area (Å²) >= 11 is 0. The molecule has 0 N–H and O–H groups in total. The second-order valence-electron chi connectivity index (χ2n) is 5.75.